The number of carbonyl (C=O) groups is 3. The number of nitrogens with two attached hydrogens (primary N) is 1. The second kappa shape index (κ2) is 49.9. The van der Waals surface area contributed by atoms with Crippen LogP contribution >= 0.6 is 7.82 Å². The molecule has 0 aliphatic heterocycles. The van der Waals surface area contributed by atoms with Crippen molar-refractivity contribution in [3.8, 4) is 0 Å². The molecular weight excluding hydrogens is 820 g/mol. The number of phosphoric acid groups is 1. The van der Waals surface area contributed by atoms with E-state index in [0.717, 1.165) is 38.5 Å². The lowest BCUT2D eigenvalue weighted by atomic mass is 9.99. The number of carbonyl (C=O) groups excluding carboxylic acids is 3. The summed E-state index contributed by atoms with van der Waals surface area (Å²) in [4.78, 5) is 46.6. The third-order valence-corrected chi connectivity index (χ3v) is 11.6. The lowest BCUT2D eigenvalue weighted by Gasteiger charge is -2.20. The summed E-state index contributed by atoms with van der Waals surface area (Å²) in [5, 5.41) is 11.0. The molecule has 0 heterocycles. The number of esters is 2. The minimum Gasteiger partial charge on any atom is -0.462 e. The van der Waals surface area contributed by atoms with Crippen LogP contribution in [0.2, 0.25) is 0 Å². The van der Waals surface area contributed by atoms with Crippen LogP contribution in [0.1, 0.15) is 253 Å². The lowest BCUT2D eigenvalue weighted by Crippen LogP contribution is -2.30. The summed E-state index contributed by atoms with van der Waals surface area (Å²) in [6.07, 6.45) is 36.8. The molecule has 13 heteroatoms. The Kier molecular flexibility index (Phi) is 52.0. The maximum Gasteiger partial charge on any atom is 0.472 e. The predicted molar refractivity (Wildman–Crippen MR) is 262 cm³/mol. The van der Waals surface area contributed by atoms with E-state index in [1.165, 1.54) is 155 Å². The fraction of sp³-hybridized carbons (Fsp3) is 0.940. The second-order valence-electron chi connectivity index (χ2n) is 18.2. The molecule has 0 aromatic heterocycles. The normalized spacial score (nSPS) is 12.6. The van der Waals surface area contributed by atoms with Crippen LogP contribution in [-0.4, -0.2) is 74.0 Å². The number of hydrogen-bond donors (Lipinski definition) is 4. The van der Waals surface area contributed by atoms with Crippen molar-refractivity contribution in [1.82, 2.24) is 5.32 Å². The summed E-state index contributed by atoms with van der Waals surface area (Å²) in [7, 11) is -2.99. The first-order chi connectivity index (χ1) is 30.3. The van der Waals surface area contributed by atoms with E-state index in [-0.39, 0.29) is 57.0 Å². The van der Waals surface area contributed by atoms with Gasteiger partial charge in [-0.05, 0) is 25.3 Å². The Balaban J connectivity index is -0.00000411. The third kappa shape index (κ3) is 56.5. The van der Waals surface area contributed by atoms with Gasteiger partial charge in [-0.25, -0.2) is 4.57 Å². The zero-order valence-electron chi connectivity index (χ0n) is 42.1. The van der Waals surface area contributed by atoms with Crippen LogP contribution in [0, 0.1) is 5.41 Å². The summed E-state index contributed by atoms with van der Waals surface area (Å²) in [5.74, 6) is -1.06. The maximum absolute atomic E-state index is 12.7. The Morgan fingerprint density at radius 2 is 0.889 bits per heavy atom. The first kappa shape index (κ1) is 65.7. The standard InChI is InChI=1S/C44H86NO9P.C5H12O.CH5N/c1-4-7-9-11-13-15-17-19-21-23-25-27-29-31-33-35-43(47)51-39-41(40-53-55(49,50)52-38-37-45-42(46)6-3)54-44(48)36-34-32-30-28-26-24-22-20-18-16-14-12-10-8-5-2;1-5(2,3)4-6;1-2/h41H,4-40H2,1-3H3,(H,45,46)(H,49,50);6H,4H2,1-3H3;2H2,1H3/t41-;;/m1../s1. The van der Waals surface area contributed by atoms with Crippen molar-refractivity contribution in [2.45, 2.75) is 260 Å². The Bertz CT molecular complexity index is 1040. The molecule has 2 atom stereocenters. The molecule has 0 aromatic rings. The van der Waals surface area contributed by atoms with Gasteiger partial charge < -0.3 is 30.5 Å². The summed E-state index contributed by atoms with van der Waals surface area (Å²) in [5.41, 5.74) is 4.60. The Labute approximate surface area is 388 Å². The van der Waals surface area contributed by atoms with Crippen LogP contribution in [0.3, 0.4) is 0 Å². The summed E-state index contributed by atoms with van der Waals surface area (Å²) < 4.78 is 33.4. The molecule has 5 N–H and O–H groups in total. The van der Waals surface area contributed by atoms with E-state index in [1.54, 1.807) is 6.92 Å². The molecule has 0 spiro atoms. The number of amides is 1. The number of aliphatic hydroxyl groups excluding tert-OH is 1. The van der Waals surface area contributed by atoms with E-state index in [1.807, 2.05) is 20.8 Å². The molecule has 0 bridgehead atoms. The molecule has 0 saturated heterocycles. The second-order valence-corrected chi connectivity index (χ2v) is 19.7. The molecule has 12 nitrogen and oxygen atoms in total. The van der Waals surface area contributed by atoms with Crippen LogP contribution in [0.15, 0.2) is 0 Å². The van der Waals surface area contributed by atoms with Crippen LogP contribution < -0.4 is 11.1 Å². The molecule has 0 radical (unpaired) electrons. The van der Waals surface area contributed by atoms with Crippen molar-refractivity contribution in [3.63, 3.8) is 0 Å². The molecule has 63 heavy (non-hydrogen) atoms. The number of hydrogen-bond acceptors (Lipinski definition) is 10. The number of rotatable bonds is 43. The zero-order chi connectivity index (χ0) is 47.7. The zero-order valence-corrected chi connectivity index (χ0v) is 43.0. The molecule has 0 rings (SSSR count). The van der Waals surface area contributed by atoms with Crippen molar-refractivity contribution in [2.24, 2.45) is 11.1 Å². The number of aliphatic hydroxyl groups is 1. The molecule has 1 unspecified atom stereocenters. The van der Waals surface area contributed by atoms with Crippen molar-refractivity contribution in [2.75, 3.05) is 40.0 Å². The highest BCUT2D eigenvalue weighted by Crippen LogP contribution is 2.43. The molecule has 1 amide bonds. The van der Waals surface area contributed by atoms with Crippen LogP contribution in [-0.2, 0) is 37.5 Å². The van der Waals surface area contributed by atoms with Crippen LogP contribution in [0.25, 0.3) is 0 Å². The van der Waals surface area contributed by atoms with E-state index in [2.05, 4.69) is 24.9 Å². The predicted octanol–water partition coefficient (Wildman–Crippen LogP) is 13.2. The van der Waals surface area contributed by atoms with Gasteiger partial charge in [-0.1, -0.05) is 221 Å². The third-order valence-electron chi connectivity index (χ3n) is 10.6. The molecule has 378 valence electrons. The lowest BCUT2D eigenvalue weighted by molar-refractivity contribution is -0.161. The smallest absolute Gasteiger partial charge is 0.462 e. The molecule has 0 saturated carbocycles. The van der Waals surface area contributed by atoms with Gasteiger partial charge in [0.25, 0.3) is 0 Å². The van der Waals surface area contributed by atoms with Crippen molar-refractivity contribution in [1.29, 1.82) is 0 Å². The van der Waals surface area contributed by atoms with Crippen LogP contribution in [0.5, 0.6) is 0 Å². The van der Waals surface area contributed by atoms with Crippen LogP contribution in [0.4, 0.5) is 0 Å². The van der Waals surface area contributed by atoms with Crippen molar-refractivity contribution < 1.29 is 47.5 Å². The van der Waals surface area contributed by atoms with Gasteiger partial charge in [-0.15, -0.1) is 0 Å². The SMILES string of the molecule is CC(C)(C)CO.CCCCCCCCCCCCCCCCCC(=O)OC[C@H](COP(=O)(O)OCCNC(=O)CC)OC(=O)CCCCCCCCCCCCCCCCC.CN. The topological polar surface area (TPSA) is 184 Å². The number of ether oxygens (including phenoxy) is 2. The van der Waals surface area contributed by atoms with Gasteiger partial charge >= 0.3 is 19.8 Å². The average Bonchev–Trinajstić information content (AvgIpc) is 3.26. The highest BCUT2D eigenvalue weighted by molar-refractivity contribution is 7.47. The minimum atomic E-state index is -4.49. The van der Waals surface area contributed by atoms with E-state index < -0.39 is 32.5 Å². The number of nitrogens with one attached hydrogen (secondary N) is 1. The van der Waals surface area contributed by atoms with Gasteiger partial charge in [0.05, 0.1) is 13.2 Å². The minimum absolute atomic E-state index is 0.0508. The maximum atomic E-state index is 12.7. The van der Waals surface area contributed by atoms with E-state index in [9.17, 15) is 23.8 Å². The highest BCUT2D eigenvalue weighted by atomic mass is 31.2. The van der Waals surface area contributed by atoms with Crippen molar-refractivity contribution in [3.05, 3.63) is 0 Å². The Morgan fingerprint density at radius 1 is 0.556 bits per heavy atom. The van der Waals surface area contributed by atoms with Gasteiger partial charge in [-0.2, -0.15) is 0 Å². The molecular formula is C50H103N2O10P. The van der Waals surface area contributed by atoms with Gasteiger partial charge in [0.2, 0.25) is 5.91 Å². The van der Waals surface area contributed by atoms with Gasteiger partial charge in [0.1, 0.15) is 6.61 Å². The van der Waals surface area contributed by atoms with E-state index in [4.69, 9.17) is 23.6 Å². The molecule has 0 aliphatic rings. The Morgan fingerprint density at radius 3 is 1.22 bits per heavy atom. The van der Waals surface area contributed by atoms with E-state index >= 15 is 0 Å². The summed E-state index contributed by atoms with van der Waals surface area (Å²) in [6, 6.07) is 0. The number of unbranched alkanes of at least 4 members (excludes halogenated alkanes) is 28. The monoisotopic (exact) mass is 923 g/mol. The fourth-order valence-electron chi connectivity index (χ4n) is 6.59. The average molecular weight is 923 g/mol. The van der Waals surface area contributed by atoms with Crippen molar-refractivity contribution >= 4 is 25.7 Å². The number of phosphoric ester groups is 1. The highest BCUT2D eigenvalue weighted by Gasteiger charge is 2.26. The van der Waals surface area contributed by atoms with Gasteiger partial charge in [-0.3, -0.25) is 23.4 Å². The summed E-state index contributed by atoms with van der Waals surface area (Å²) in [6.45, 7) is 11.6. The van der Waals surface area contributed by atoms with Gasteiger partial charge in [0.15, 0.2) is 6.10 Å². The fourth-order valence-corrected chi connectivity index (χ4v) is 7.34. The molecule has 0 aromatic carbocycles. The largest absolute Gasteiger partial charge is 0.472 e. The first-order valence-electron chi connectivity index (χ1n) is 25.7. The Hall–Kier alpha value is -1.56. The summed E-state index contributed by atoms with van der Waals surface area (Å²) >= 11 is 0. The van der Waals surface area contributed by atoms with Gasteiger partial charge in [0, 0.05) is 32.4 Å². The van der Waals surface area contributed by atoms with E-state index in [0.29, 0.717) is 6.42 Å². The first-order valence-corrected chi connectivity index (χ1v) is 27.2. The quantitative estimate of drug-likeness (QED) is 0.0259. The molecule has 0 fully saturated rings. The molecule has 0 aliphatic carbocycles.